The number of ether oxygens (including phenoxy) is 2. The highest BCUT2D eigenvalue weighted by atomic mass is 35.5. The van der Waals surface area contributed by atoms with E-state index >= 15 is 0 Å². The summed E-state index contributed by atoms with van der Waals surface area (Å²) >= 11 is 0. The van der Waals surface area contributed by atoms with Crippen molar-refractivity contribution in [2.75, 3.05) is 17.8 Å². The first-order valence-corrected chi connectivity index (χ1v) is 6.48. The van der Waals surface area contributed by atoms with Crippen molar-refractivity contribution >= 4 is 40.8 Å². The monoisotopic (exact) mass is 316 g/mol. The van der Waals surface area contributed by atoms with Crippen LogP contribution in [0.3, 0.4) is 0 Å². The number of halogens is 1. The van der Waals surface area contributed by atoms with E-state index in [1.807, 2.05) is 42.5 Å². The van der Waals surface area contributed by atoms with E-state index in [4.69, 9.17) is 15.2 Å². The van der Waals surface area contributed by atoms with E-state index in [1.54, 1.807) is 0 Å². The molecule has 0 fully saturated rings. The van der Waals surface area contributed by atoms with Crippen LogP contribution in [0.25, 0.3) is 10.9 Å². The van der Waals surface area contributed by atoms with Crippen LogP contribution in [0, 0.1) is 0 Å². The second-order valence-electron chi connectivity index (χ2n) is 4.64. The summed E-state index contributed by atoms with van der Waals surface area (Å²) in [4.78, 5) is 8.72. The standard InChI is InChI=1S/C15H12N4O2.ClH/c16-14-10-3-1-2-4-11(10)18-15(19-14)17-9-5-6-12-13(7-9)21-8-20-12;/h1-7H,8H2,(H3,16,17,18,19);1H. The predicted octanol–water partition coefficient (Wildman–Crippen LogP) is 3.11. The fourth-order valence-corrected chi connectivity index (χ4v) is 2.26. The lowest BCUT2D eigenvalue weighted by Gasteiger charge is -2.08. The number of benzene rings is 2. The summed E-state index contributed by atoms with van der Waals surface area (Å²) in [5, 5.41) is 3.97. The van der Waals surface area contributed by atoms with Crippen molar-refractivity contribution in [3.63, 3.8) is 0 Å². The van der Waals surface area contributed by atoms with Gasteiger partial charge in [0.15, 0.2) is 11.5 Å². The molecule has 0 spiro atoms. The van der Waals surface area contributed by atoms with Gasteiger partial charge in [-0.05, 0) is 24.3 Å². The van der Waals surface area contributed by atoms with Gasteiger partial charge >= 0.3 is 0 Å². The Hall–Kier alpha value is -2.73. The van der Waals surface area contributed by atoms with Crippen LogP contribution >= 0.6 is 12.4 Å². The maximum absolute atomic E-state index is 5.97. The van der Waals surface area contributed by atoms with E-state index in [0.29, 0.717) is 17.5 Å². The number of anilines is 3. The molecular weight excluding hydrogens is 304 g/mol. The van der Waals surface area contributed by atoms with Crippen LogP contribution in [0.1, 0.15) is 0 Å². The van der Waals surface area contributed by atoms with E-state index in [9.17, 15) is 0 Å². The smallest absolute Gasteiger partial charge is 0.231 e. The van der Waals surface area contributed by atoms with Crippen molar-refractivity contribution in [3.05, 3.63) is 42.5 Å². The highest BCUT2D eigenvalue weighted by Crippen LogP contribution is 2.35. The largest absolute Gasteiger partial charge is 0.454 e. The number of nitrogens with zero attached hydrogens (tertiary/aromatic N) is 2. The average Bonchev–Trinajstić information content (AvgIpc) is 2.95. The van der Waals surface area contributed by atoms with Crippen LogP contribution in [-0.4, -0.2) is 16.8 Å². The number of nitrogen functional groups attached to an aromatic ring is 1. The molecule has 112 valence electrons. The normalized spacial score (nSPS) is 12.0. The van der Waals surface area contributed by atoms with Gasteiger partial charge in [0.05, 0.1) is 5.52 Å². The number of rotatable bonds is 2. The lowest BCUT2D eigenvalue weighted by atomic mass is 10.2. The summed E-state index contributed by atoms with van der Waals surface area (Å²) in [6, 6.07) is 13.2. The first-order chi connectivity index (χ1) is 10.3. The molecule has 3 N–H and O–H groups in total. The molecule has 0 aliphatic carbocycles. The van der Waals surface area contributed by atoms with Crippen molar-refractivity contribution in [3.8, 4) is 11.5 Å². The molecule has 3 aromatic rings. The van der Waals surface area contributed by atoms with Gasteiger partial charge in [-0.3, -0.25) is 0 Å². The quantitative estimate of drug-likeness (QED) is 0.756. The molecule has 1 aromatic heterocycles. The summed E-state index contributed by atoms with van der Waals surface area (Å²) < 4.78 is 10.6. The first-order valence-electron chi connectivity index (χ1n) is 6.48. The number of nitrogens with two attached hydrogens (primary N) is 1. The molecule has 0 amide bonds. The highest BCUT2D eigenvalue weighted by Gasteiger charge is 2.13. The van der Waals surface area contributed by atoms with Crippen LogP contribution in [-0.2, 0) is 0 Å². The fourth-order valence-electron chi connectivity index (χ4n) is 2.26. The van der Waals surface area contributed by atoms with Gasteiger partial charge in [0.1, 0.15) is 5.82 Å². The van der Waals surface area contributed by atoms with Crippen LogP contribution in [0.15, 0.2) is 42.5 Å². The van der Waals surface area contributed by atoms with Gasteiger partial charge in [-0.1, -0.05) is 12.1 Å². The Balaban J connectivity index is 0.00000144. The molecule has 4 rings (SSSR count). The lowest BCUT2D eigenvalue weighted by molar-refractivity contribution is 0.174. The van der Waals surface area contributed by atoms with Crippen molar-refractivity contribution in [2.45, 2.75) is 0 Å². The van der Waals surface area contributed by atoms with Gasteiger partial charge < -0.3 is 20.5 Å². The fraction of sp³-hybridized carbons (Fsp3) is 0.0667. The zero-order valence-electron chi connectivity index (χ0n) is 11.4. The van der Waals surface area contributed by atoms with Crippen LogP contribution in [0.4, 0.5) is 17.5 Å². The molecule has 22 heavy (non-hydrogen) atoms. The van der Waals surface area contributed by atoms with Gasteiger partial charge in [-0.2, -0.15) is 4.98 Å². The van der Waals surface area contributed by atoms with E-state index in [1.165, 1.54) is 0 Å². The van der Waals surface area contributed by atoms with Crippen molar-refractivity contribution in [2.24, 2.45) is 0 Å². The third kappa shape index (κ3) is 2.44. The summed E-state index contributed by atoms with van der Waals surface area (Å²) in [6.45, 7) is 0.248. The number of aromatic nitrogens is 2. The molecule has 2 heterocycles. The van der Waals surface area contributed by atoms with E-state index in [-0.39, 0.29) is 19.2 Å². The molecule has 7 heteroatoms. The summed E-state index contributed by atoms with van der Waals surface area (Å²) in [5.74, 6) is 2.34. The van der Waals surface area contributed by atoms with Gasteiger partial charge in [0, 0.05) is 17.1 Å². The molecule has 0 unspecified atom stereocenters. The van der Waals surface area contributed by atoms with Crippen LogP contribution < -0.4 is 20.5 Å². The van der Waals surface area contributed by atoms with E-state index in [2.05, 4.69) is 15.3 Å². The molecular formula is C15H13ClN4O2. The molecule has 1 aliphatic rings. The minimum Gasteiger partial charge on any atom is -0.454 e. The molecule has 0 saturated carbocycles. The minimum absolute atomic E-state index is 0. The first kappa shape index (κ1) is 14.2. The molecule has 2 aromatic carbocycles. The molecule has 0 saturated heterocycles. The Labute approximate surface area is 132 Å². The number of hydrogen-bond acceptors (Lipinski definition) is 6. The van der Waals surface area contributed by atoms with Gasteiger partial charge in [-0.25, -0.2) is 4.98 Å². The van der Waals surface area contributed by atoms with Gasteiger partial charge in [-0.15, -0.1) is 12.4 Å². The van der Waals surface area contributed by atoms with Gasteiger partial charge in [0.2, 0.25) is 12.7 Å². The zero-order chi connectivity index (χ0) is 14.2. The van der Waals surface area contributed by atoms with Crippen molar-refractivity contribution in [1.29, 1.82) is 0 Å². The Morgan fingerprint density at radius 2 is 1.82 bits per heavy atom. The van der Waals surface area contributed by atoms with Crippen molar-refractivity contribution in [1.82, 2.24) is 9.97 Å². The second kappa shape index (κ2) is 5.57. The maximum atomic E-state index is 5.97. The van der Waals surface area contributed by atoms with Crippen LogP contribution in [0.2, 0.25) is 0 Å². The minimum atomic E-state index is 0. The number of nitrogens with one attached hydrogen (secondary N) is 1. The lowest BCUT2D eigenvalue weighted by Crippen LogP contribution is -2.01. The Bertz CT molecular complexity index is 841. The Morgan fingerprint density at radius 1 is 1.00 bits per heavy atom. The number of para-hydroxylation sites is 1. The predicted molar refractivity (Wildman–Crippen MR) is 87.0 cm³/mol. The summed E-state index contributed by atoms with van der Waals surface area (Å²) in [7, 11) is 0. The molecule has 0 atom stereocenters. The summed E-state index contributed by atoms with van der Waals surface area (Å²) in [5.41, 5.74) is 7.58. The molecule has 6 nitrogen and oxygen atoms in total. The van der Waals surface area contributed by atoms with E-state index < -0.39 is 0 Å². The Kier molecular flexibility index (Phi) is 3.60. The third-order valence-corrected chi connectivity index (χ3v) is 3.26. The second-order valence-corrected chi connectivity index (χ2v) is 4.64. The van der Waals surface area contributed by atoms with Crippen LogP contribution in [0.5, 0.6) is 11.5 Å². The van der Waals surface area contributed by atoms with Gasteiger partial charge in [0.25, 0.3) is 0 Å². The number of hydrogen-bond donors (Lipinski definition) is 2. The summed E-state index contributed by atoms with van der Waals surface area (Å²) in [6.07, 6.45) is 0. The number of fused-ring (bicyclic) bond motifs is 2. The molecule has 0 bridgehead atoms. The Morgan fingerprint density at radius 3 is 2.73 bits per heavy atom. The zero-order valence-corrected chi connectivity index (χ0v) is 12.3. The molecule has 0 radical (unpaired) electrons. The SMILES string of the molecule is Cl.Nc1nc(Nc2ccc3c(c2)OCO3)nc2ccccc12. The average molecular weight is 317 g/mol. The third-order valence-electron chi connectivity index (χ3n) is 3.26. The maximum Gasteiger partial charge on any atom is 0.231 e. The van der Waals surface area contributed by atoms with Crippen molar-refractivity contribution < 1.29 is 9.47 Å². The molecule has 1 aliphatic heterocycles. The highest BCUT2D eigenvalue weighted by molar-refractivity contribution is 5.89. The topological polar surface area (TPSA) is 82.3 Å². The van der Waals surface area contributed by atoms with E-state index in [0.717, 1.165) is 22.3 Å².